The third kappa shape index (κ3) is 2.62. The monoisotopic (exact) mass is 341 g/mol. The van der Waals surface area contributed by atoms with Crippen molar-refractivity contribution in [2.75, 3.05) is 0 Å². The van der Waals surface area contributed by atoms with Crippen LogP contribution in [0.1, 0.15) is 5.69 Å². The number of aromatic nitrogens is 1. The predicted octanol–water partition coefficient (Wildman–Crippen LogP) is 3.25. The summed E-state index contributed by atoms with van der Waals surface area (Å²) in [5, 5.41) is 0.600. The first-order valence-electron chi connectivity index (χ1n) is 5.94. The topological polar surface area (TPSA) is 62.6 Å². The second-order valence-corrected chi connectivity index (χ2v) is 6.98. The van der Waals surface area contributed by atoms with Crippen LogP contribution in [0.5, 0.6) is 0 Å². The van der Waals surface area contributed by atoms with Gasteiger partial charge in [0.1, 0.15) is 16.4 Å². The molecule has 0 aliphatic carbocycles. The third-order valence-electron chi connectivity index (χ3n) is 2.97. The van der Waals surface area contributed by atoms with Gasteiger partial charge >= 0.3 is 0 Å². The van der Waals surface area contributed by atoms with Gasteiger partial charge in [0.15, 0.2) is 0 Å². The van der Waals surface area contributed by atoms with Crippen LogP contribution >= 0.6 is 23.2 Å². The minimum absolute atomic E-state index is 0.0282. The van der Waals surface area contributed by atoms with Crippen LogP contribution in [0.3, 0.4) is 0 Å². The van der Waals surface area contributed by atoms with E-state index in [4.69, 9.17) is 23.2 Å². The van der Waals surface area contributed by atoms with Crippen LogP contribution in [0, 0.1) is 0 Å². The highest BCUT2D eigenvalue weighted by Crippen LogP contribution is 2.31. The van der Waals surface area contributed by atoms with Crippen molar-refractivity contribution in [3.63, 3.8) is 0 Å². The zero-order chi connectivity index (χ0) is 15.0. The fourth-order valence-electron chi connectivity index (χ4n) is 1.94. The van der Waals surface area contributed by atoms with E-state index in [1.807, 2.05) is 0 Å². The minimum atomic E-state index is -3.67. The van der Waals surface area contributed by atoms with Gasteiger partial charge in [-0.05, 0) is 24.3 Å². The number of pyridine rings is 1. The number of hydrogen-bond acceptors (Lipinski definition) is 4. The number of rotatable bonds is 2. The summed E-state index contributed by atoms with van der Waals surface area (Å²) in [4.78, 5) is 8.35. The molecule has 0 atom stereocenters. The molecule has 0 unspecified atom stereocenters. The van der Waals surface area contributed by atoms with Gasteiger partial charge in [-0.3, -0.25) is 4.31 Å². The lowest BCUT2D eigenvalue weighted by atomic mass is 10.3. The second-order valence-electron chi connectivity index (χ2n) is 4.33. The zero-order valence-corrected chi connectivity index (χ0v) is 12.9. The molecule has 1 aromatic heterocycles. The van der Waals surface area contributed by atoms with Gasteiger partial charge in [-0.2, -0.15) is 0 Å². The Morgan fingerprint density at radius 2 is 1.86 bits per heavy atom. The SMILES string of the molecule is O=S1(=O)c2ccccc2N=CN1Cc1nc(Cl)ccc1Cl. The van der Waals surface area contributed by atoms with Crippen LogP contribution in [-0.4, -0.2) is 24.0 Å². The van der Waals surface area contributed by atoms with Crippen LogP contribution in [0.2, 0.25) is 10.2 Å². The Hall–Kier alpha value is -1.63. The van der Waals surface area contributed by atoms with E-state index in [9.17, 15) is 8.42 Å². The molecule has 1 aliphatic rings. The largest absolute Gasteiger partial charge is 0.267 e. The molecule has 5 nitrogen and oxygen atoms in total. The minimum Gasteiger partial charge on any atom is -0.250 e. The third-order valence-corrected chi connectivity index (χ3v) is 5.26. The number of sulfonamides is 1. The van der Waals surface area contributed by atoms with E-state index in [2.05, 4.69) is 9.98 Å². The number of benzene rings is 1. The van der Waals surface area contributed by atoms with Crippen molar-refractivity contribution < 1.29 is 8.42 Å². The molecule has 0 amide bonds. The molecule has 1 aliphatic heterocycles. The Labute approximate surface area is 131 Å². The molecule has 0 spiro atoms. The summed E-state index contributed by atoms with van der Waals surface area (Å²) in [5.41, 5.74) is 0.789. The van der Waals surface area contributed by atoms with Gasteiger partial charge in [-0.15, -0.1) is 0 Å². The van der Waals surface area contributed by atoms with Crippen LogP contribution < -0.4 is 0 Å². The van der Waals surface area contributed by atoms with E-state index in [-0.39, 0.29) is 16.6 Å². The van der Waals surface area contributed by atoms with Gasteiger partial charge in [0.05, 0.1) is 22.9 Å². The van der Waals surface area contributed by atoms with Crippen LogP contribution in [0.15, 0.2) is 46.3 Å². The van der Waals surface area contributed by atoms with Gasteiger partial charge < -0.3 is 0 Å². The molecule has 108 valence electrons. The van der Waals surface area contributed by atoms with Crippen molar-refractivity contribution in [3.05, 3.63) is 52.3 Å². The average molecular weight is 342 g/mol. The first kappa shape index (κ1) is 14.3. The first-order chi connectivity index (χ1) is 9.98. The molecular formula is C13H9Cl2N3O2S. The lowest BCUT2D eigenvalue weighted by Gasteiger charge is -2.23. The van der Waals surface area contributed by atoms with Gasteiger partial charge in [-0.1, -0.05) is 35.3 Å². The predicted molar refractivity (Wildman–Crippen MR) is 81.6 cm³/mol. The number of halogens is 2. The maximum Gasteiger partial charge on any atom is 0.267 e. The van der Waals surface area contributed by atoms with Crippen molar-refractivity contribution >= 4 is 45.3 Å². The van der Waals surface area contributed by atoms with E-state index < -0.39 is 10.0 Å². The maximum atomic E-state index is 12.5. The van der Waals surface area contributed by atoms with Gasteiger partial charge in [0.2, 0.25) is 0 Å². The summed E-state index contributed by atoms with van der Waals surface area (Å²) in [5.74, 6) is 0. The van der Waals surface area contributed by atoms with Crippen molar-refractivity contribution in [1.82, 2.24) is 9.29 Å². The molecule has 0 radical (unpaired) electrons. The molecule has 0 fully saturated rings. The molecule has 8 heteroatoms. The van der Waals surface area contributed by atoms with Gasteiger partial charge in [-0.25, -0.2) is 18.4 Å². The normalized spacial score (nSPS) is 15.8. The summed E-state index contributed by atoms with van der Waals surface area (Å²) in [6.45, 7) is -0.0282. The highest BCUT2D eigenvalue weighted by Gasteiger charge is 2.29. The Kier molecular flexibility index (Phi) is 3.61. The van der Waals surface area contributed by atoms with Crippen molar-refractivity contribution in [2.45, 2.75) is 11.4 Å². The quantitative estimate of drug-likeness (QED) is 0.787. The standard InChI is InChI=1S/C13H9Cl2N3O2S/c14-9-5-6-13(15)17-11(9)7-18-8-16-10-3-1-2-4-12(10)21(18,19)20/h1-6,8H,7H2. The zero-order valence-electron chi connectivity index (χ0n) is 10.6. The second kappa shape index (κ2) is 5.29. The van der Waals surface area contributed by atoms with Crippen LogP contribution in [0.4, 0.5) is 5.69 Å². The van der Waals surface area contributed by atoms with E-state index >= 15 is 0 Å². The molecule has 0 saturated carbocycles. The molecule has 3 rings (SSSR count). The molecule has 2 aromatic rings. The number of aliphatic imine (C=N–C) groups is 1. The molecule has 0 bridgehead atoms. The highest BCUT2D eigenvalue weighted by molar-refractivity contribution is 7.89. The maximum absolute atomic E-state index is 12.5. The number of para-hydroxylation sites is 1. The van der Waals surface area contributed by atoms with Crippen LogP contribution in [0.25, 0.3) is 0 Å². The Morgan fingerprint density at radius 3 is 2.67 bits per heavy atom. The fourth-order valence-corrected chi connectivity index (χ4v) is 3.62. The van der Waals surface area contributed by atoms with Crippen molar-refractivity contribution in [2.24, 2.45) is 4.99 Å². The van der Waals surface area contributed by atoms with E-state index in [0.29, 0.717) is 16.4 Å². The highest BCUT2D eigenvalue weighted by atomic mass is 35.5. The molecule has 21 heavy (non-hydrogen) atoms. The molecule has 0 N–H and O–H groups in total. The average Bonchev–Trinajstić information content (AvgIpc) is 2.46. The summed E-state index contributed by atoms with van der Waals surface area (Å²) in [6, 6.07) is 9.67. The molecule has 1 aromatic carbocycles. The van der Waals surface area contributed by atoms with Crippen molar-refractivity contribution in [3.8, 4) is 0 Å². The summed E-state index contributed by atoms with van der Waals surface area (Å²) >= 11 is 11.8. The van der Waals surface area contributed by atoms with Gasteiger partial charge in [0, 0.05) is 0 Å². The fraction of sp³-hybridized carbons (Fsp3) is 0.0769. The lowest BCUT2D eigenvalue weighted by Crippen LogP contribution is -2.31. The van der Waals surface area contributed by atoms with Crippen molar-refractivity contribution in [1.29, 1.82) is 0 Å². The Balaban J connectivity index is 2.00. The Bertz CT molecular complexity index is 837. The molecular weight excluding hydrogens is 333 g/mol. The smallest absolute Gasteiger partial charge is 0.250 e. The summed E-state index contributed by atoms with van der Waals surface area (Å²) < 4.78 is 26.2. The first-order valence-corrected chi connectivity index (χ1v) is 8.14. The number of nitrogens with zero attached hydrogens (tertiary/aromatic N) is 3. The summed E-state index contributed by atoms with van der Waals surface area (Å²) in [6.07, 6.45) is 1.26. The lowest BCUT2D eigenvalue weighted by molar-refractivity contribution is 0.518. The van der Waals surface area contributed by atoms with Gasteiger partial charge in [0.25, 0.3) is 10.0 Å². The van der Waals surface area contributed by atoms with Crippen LogP contribution in [-0.2, 0) is 16.6 Å². The van der Waals surface area contributed by atoms with E-state index in [1.165, 1.54) is 12.4 Å². The molecule has 0 saturated heterocycles. The number of fused-ring (bicyclic) bond motifs is 1. The van der Waals surface area contributed by atoms with E-state index in [1.54, 1.807) is 30.3 Å². The van der Waals surface area contributed by atoms with E-state index in [0.717, 1.165) is 4.31 Å². The molecule has 2 heterocycles. The Morgan fingerprint density at radius 1 is 1.10 bits per heavy atom. The number of hydrogen-bond donors (Lipinski definition) is 0. The summed E-state index contributed by atoms with van der Waals surface area (Å²) in [7, 11) is -3.67.